The van der Waals surface area contributed by atoms with Gasteiger partial charge >= 0.3 is 0 Å². The average Bonchev–Trinajstić information content (AvgIpc) is 2.08. The Labute approximate surface area is 66.3 Å². The molecular formula is C8H14N2O. The van der Waals surface area contributed by atoms with Crippen LogP contribution in [-0.2, 0) is 4.79 Å². The van der Waals surface area contributed by atoms with Crippen molar-refractivity contribution in [3.8, 4) is 0 Å². The van der Waals surface area contributed by atoms with Gasteiger partial charge in [0.2, 0.25) is 5.91 Å². The highest BCUT2D eigenvalue weighted by Gasteiger charge is 2.44. The second-order valence-electron chi connectivity index (χ2n) is 3.77. The summed E-state index contributed by atoms with van der Waals surface area (Å²) in [5.41, 5.74) is 5.01. The molecule has 0 unspecified atom stereocenters. The molecule has 2 saturated heterocycles. The minimum atomic E-state index is -0.325. The first-order valence-electron chi connectivity index (χ1n) is 4.28. The average molecular weight is 154 g/mol. The summed E-state index contributed by atoms with van der Waals surface area (Å²) in [5, 5.41) is 3.26. The molecule has 0 aromatic carbocycles. The fourth-order valence-electron chi connectivity index (χ4n) is 2.22. The summed E-state index contributed by atoms with van der Waals surface area (Å²) in [6.45, 7) is 0.989. The van der Waals surface area contributed by atoms with Crippen LogP contribution in [0.15, 0.2) is 0 Å². The zero-order valence-corrected chi connectivity index (χ0v) is 6.60. The Morgan fingerprint density at radius 2 is 2.09 bits per heavy atom. The summed E-state index contributed by atoms with van der Waals surface area (Å²) in [5.74, 6) is 0.645. The lowest BCUT2D eigenvalue weighted by molar-refractivity contribution is -0.127. The largest absolute Gasteiger partial charge is 0.368 e. The van der Waals surface area contributed by atoms with E-state index in [-0.39, 0.29) is 11.4 Å². The van der Waals surface area contributed by atoms with Crippen LogP contribution in [0.4, 0.5) is 0 Å². The van der Waals surface area contributed by atoms with Gasteiger partial charge in [0.15, 0.2) is 0 Å². The first kappa shape index (κ1) is 7.10. The predicted octanol–water partition coefficient (Wildman–Crippen LogP) is 0.00390. The van der Waals surface area contributed by atoms with E-state index in [4.69, 9.17) is 5.73 Å². The Kier molecular flexibility index (Phi) is 1.42. The van der Waals surface area contributed by atoms with Crippen LogP contribution >= 0.6 is 0 Å². The highest BCUT2D eigenvalue weighted by Crippen LogP contribution is 2.36. The van der Waals surface area contributed by atoms with Crippen molar-refractivity contribution in [1.29, 1.82) is 0 Å². The fraction of sp³-hybridized carbons (Fsp3) is 0.875. The van der Waals surface area contributed by atoms with Crippen LogP contribution in [0, 0.1) is 5.92 Å². The molecule has 3 N–H and O–H groups in total. The van der Waals surface area contributed by atoms with Gasteiger partial charge in [-0.25, -0.2) is 0 Å². The summed E-state index contributed by atoms with van der Waals surface area (Å²) in [4.78, 5) is 11.1. The van der Waals surface area contributed by atoms with Gasteiger partial charge in [-0.05, 0) is 38.1 Å². The van der Waals surface area contributed by atoms with Gasteiger partial charge in [-0.1, -0.05) is 0 Å². The second kappa shape index (κ2) is 2.21. The molecule has 11 heavy (non-hydrogen) atoms. The van der Waals surface area contributed by atoms with Crippen molar-refractivity contribution < 1.29 is 4.79 Å². The molecule has 0 radical (unpaired) electrons. The molecule has 3 heteroatoms. The fourth-order valence-corrected chi connectivity index (χ4v) is 2.22. The Balaban J connectivity index is 2.18. The van der Waals surface area contributed by atoms with E-state index in [2.05, 4.69) is 5.32 Å². The molecule has 0 aromatic heterocycles. The SMILES string of the molecule is NC(=O)C12CCC(CC1)CN2. The third kappa shape index (κ3) is 0.948. The van der Waals surface area contributed by atoms with Crippen LogP contribution in [0.5, 0.6) is 0 Å². The first-order valence-corrected chi connectivity index (χ1v) is 4.28. The number of hydrogen-bond donors (Lipinski definition) is 2. The van der Waals surface area contributed by atoms with Crippen molar-refractivity contribution in [1.82, 2.24) is 5.32 Å². The zero-order chi connectivity index (χ0) is 7.90. The van der Waals surface area contributed by atoms with E-state index in [9.17, 15) is 4.79 Å². The van der Waals surface area contributed by atoms with Crippen molar-refractivity contribution in [3.63, 3.8) is 0 Å². The number of piperidine rings is 2. The molecule has 1 saturated carbocycles. The van der Waals surface area contributed by atoms with E-state index in [1.54, 1.807) is 0 Å². The molecule has 0 aromatic rings. The molecule has 1 aliphatic carbocycles. The molecular weight excluding hydrogens is 140 g/mol. The van der Waals surface area contributed by atoms with Crippen molar-refractivity contribution in [2.75, 3.05) is 6.54 Å². The van der Waals surface area contributed by atoms with Gasteiger partial charge in [0.05, 0.1) is 5.54 Å². The number of fused-ring (bicyclic) bond motifs is 3. The highest BCUT2D eigenvalue weighted by molar-refractivity contribution is 5.85. The smallest absolute Gasteiger partial charge is 0.237 e. The summed E-state index contributed by atoms with van der Waals surface area (Å²) in [6, 6.07) is 0. The van der Waals surface area contributed by atoms with Crippen molar-refractivity contribution in [2.45, 2.75) is 31.2 Å². The van der Waals surface area contributed by atoms with E-state index < -0.39 is 0 Å². The number of primary amides is 1. The lowest BCUT2D eigenvalue weighted by Gasteiger charge is -2.45. The first-order chi connectivity index (χ1) is 5.23. The van der Waals surface area contributed by atoms with Gasteiger partial charge in [-0.2, -0.15) is 0 Å². The Morgan fingerprint density at radius 1 is 1.45 bits per heavy atom. The maximum absolute atomic E-state index is 11.1. The molecule has 1 amide bonds. The minimum absolute atomic E-state index is 0.157. The molecule has 0 atom stereocenters. The van der Waals surface area contributed by atoms with E-state index >= 15 is 0 Å². The third-order valence-electron chi connectivity index (χ3n) is 3.16. The molecule has 2 bridgehead atoms. The lowest BCUT2D eigenvalue weighted by atomic mass is 9.72. The predicted molar refractivity (Wildman–Crippen MR) is 41.9 cm³/mol. The number of amides is 1. The quantitative estimate of drug-likeness (QED) is 0.558. The van der Waals surface area contributed by atoms with Gasteiger partial charge in [0, 0.05) is 0 Å². The summed E-state index contributed by atoms with van der Waals surface area (Å²) < 4.78 is 0. The maximum atomic E-state index is 11.1. The van der Waals surface area contributed by atoms with E-state index in [1.165, 1.54) is 12.8 Å². The van der Waals surface area contributed by atoms with Crippen LogP contribution < -0.4 is 11.1 Å². The Hall–Kier alpha value is -0.570. The van der Waals surface area contributed by atoms with Crippen LogP contribution in [0.1, 0.15) is 25.7 Å². The third-order valence-corrected chi connectivity index (χ3v) is 3.16. The van der Waals surface area contributed by atoms with Gasteiger partial charge in [-0.3, -0.25) is 4.79 Å². The summed E-state index contributed by atoms with van der Waals surface area (Å²) >= 11 is 0. The minimum Gasteiger partial charge on any atom is -0.368 e. The van der Waals surface area contributed by atoms with Gasteiger partial charge in [0.1, 0.15) is 0 Å². The monoisotopic (exact) mass is 154 g/mol. The number of carbonyl (C=O) groups excluding carboxylic acids is 1. The molecule has 0 spiro atoms. The van der Waals surface area contributed by atoms with Crippen LogP contribution in [0.2, 0.25) is 0 Å². The molecule has 3 fully saturated rings. The molecule has 3 nitrogen and oxygen atoms in total. The van der Waals surface area contributed by atoms with Gasteiger partial charge in [0.25, 0.3) is 0 Å². The van der Waals surface area contributed by atoms with Crippen molar-refractivity contribution in [2.24, 2.45) is 11.7 Å². The van der Waals surface area contributed by atoms with Crippen LogP contribution in [0.25, 0.3) is 0 Å². The maximum Gasteiger partial charge on any atom is 0.237 e. The number of carbonyl (C=O) groups is 1. The molecule has 2 aliphatic heterocycles. The lowest BCUT2D eigenvalue weighted by Crippen LogP contribution is -2.62. The topological polar surface area (TPSA) is 55.1 Å². The molecule has 2 heterocycles. The highest BCUT2D eigenvalue weighted by atomic mass is 16.1. The van der Waals surface area contributed by atoms with Crippen LogP contribution in [0.3, 0.4) is 0 Å². The number of hydrogen-bond acceptors (Lipinski definition) is 2. The normalized spacial score (nSPS) is 42.4. The van der Waals surface area contributed by atoms with Crippen LogP contribution in [-0.4, -0.2) is 18.0 Å². The van der Waals surface area contributed by atoms with Gasteiger partial charge < -0.3 is 11.1 Å². The number of nitrogens with one attached hydrogen (secondary N) is 1. The number of nitrogens with two attached hydrogens (primary N) is 1. The van der Waals surface area contributed by atoms with E-state index in [0.29, 0.717) is 0 Å². The van der Waals surface area contributed by atoms with E-state index in [0.717, 1.165) is 25.3 Å². The molecule has 3 rings (SSSR count). The van der Waals surface area contributed by atoms with E-state index in [1.807, 2.05) is 0 Å². The number of rotatable bonds is 1. The Bertz CT molecular complexity index is 169. The van der Waals surface area contributed by atoms with Gasteiger partial charge in [-0.15, -0.1) is 0 Å². The standard InChI is InChI=1S/C8H14N2O/c9-7(11)8-3-1-6(2-4-8)5-10-8/h6,10H,1-5H2,(H2,9,11). The summed E-state index contributed by atoms with van der Waals surface area (Å²) in [6.07, 6.45) is 4.26. The molecule has 3 aliphatic rings. The summed E-state index contributed by atoms with van der Waals surface area (Å²) in [7, 11) is 0. The molecule has 62 valence electrons. The van der Waals surface area contributed by atoms with Crippen molar-refractivity contribution in [3.05, 3.63) is 0 Å². The second-order valence-corrected chi connectivity index (χ2v) is 3.77. The Morgan fingerprint density at radius 3 is 2.36 bits per heavy atom. The zero-order valence-electron chi connectivity index (χ0n) is 6.60. The van der Waals surface area contributed by atoms with Crippen molar-refractivity contribution >= 4 is 5.91 Å².